The summed E-state index contributed by atoms with van der Waals surface area (Å²) in [6.07, 6.45) is 11.2. The molecule has 0 heterocycles. The molecule has 0 bridgehead atoms. The molecule has 210 valence electrons. The number of nitrogens with one attached hydrogen (secondary N) is 2. The lowest BCUT2D eigenvalue weighted by atomic mass is 9.32. The highest BCUT2D eigenvalue weighted by atomic mass is 16.3. The zero-order chi connectivity index (χ0) is 27.0. The van der Waals surface area contributed by atoms with Gasteiger partial charge in [0.15, 0.2) is 0 Å². The number of aliphatic hydroxyl groups excluding tert-OH is 2. The summed E-state index contributed by atoms with van der Waals surface area (Å²) >= 11 is 0. The van der Waals surface area contributed by atoms with Gasteiger partial charge in [-0.2, -0.15) is 0 Å². The third-order valence-corrected chi connectivity index (χ3v) is 13.8. The summed E-state index contributed by atoms with van der Waals surface area (Å²) in [4.78, 5) is 12.9. The first kappa shape index (κ1) is 27.5. The molecule has 37 heavy (non-hydrogen) atoms. The van der Waals surface area contributed by atoms with Gasteiger partial charge in [0.25, 0.3) is 0 Å². The summed E-state index contributed by atoms with van der Waals surface area (Å²) in [6, 6.07) is -0.124. The van der Waals surface area contributed by atoms with Crippen molar-refractivity contribution in [1.82, 2.24) is 10.6 Å². The minimum absolute atomic E-state index is 0.0177. The predicted molar refractivity (Wildman–Crippen MR) is 149 cm³/mol. The minimum atomic E-state index is -0.185. The number of urea groups is 1. The molecule has 0 aromatic heterocycles. The number of rotatable bonds is 4. The van der Waals surface area contributed by atoms with Crippen LogP contribution in [-0.4, -0.2) is 41.0 Å². The fraction of sp³-hybridized carbons (Fsp3) is 0.906. The molecule has 5 heteroatoms. The fourth-order valence-corrected chi connectivity index (χ4v) is 11.8. The first-order chi connectivity index (χ1) is 17.3. The lowest BCUT2D eigenvalue weighted by Gasteiger charge is -2.73. The smallest absolute Gasteiger partial charge is 0.315 e. The van der Waals surface area contributed by atoms with Crippen LogP contribution in [0.4, 0.5) is 4.79 Å². The maximum atomic E-state index is 12.9. The van der Waals surface area contributed by atoms with E-state index in [0.29, 0.717) is 36.1 Å². The van der Waals surface area contributed by atoms with Crippen LogP contribution in [0.15, 0.2) is 12.2 Å². The van der Waals surface area contributed by atoms with Crippen LogP contribution < -0.4 is 10.6 Å². The molecule has 0 unspecified atom stereocenters. The van der Waals surface area contributed by atoms with E-state index in [1.54, 1.807) is 0 Å². The average Bonchev–Trinajstić information content (AvgIpc) is 3.20. The monoisotopic (exact) mass is 514 g/mol. The molecule has 5 aliphatic rings. The standard InChI is InChI=1S/C32H54N2O3/c1-20(2)21-10-15-32(34-27(37)33-18-19-35)17-16-30(6)22(26(21)32)8-9-24-29(5)13-12-25(36)28(3,4)23(29)11-14-31(24,30)7/h21-26,35-36H,1,8-19H2,2-7H3,(H2,33,34,37)/t21-,22+,23-,24+,25-,26+,29-,30+,31+,32-/m0/s1. The summed E-state index contributed by atoms with van der Waals surface area (Å²) in [5, 5.41) is 26.6. The van der Waals surface area contributed by atoms with Crippen molar-refractivity contribution in [2.45, 2.75) is 117 Å². The van der Waals surface area contributed by atoms with Crippen LogP contribution in [0.1, 0.15) is 106 Å². The summed E-state index contributed by atoms with van der Waals surface area (Å²) in [5.41, 5.74) is 1.88. The van der Waals surface area contributed by atoms with Gasteiger partial charge >= 0.3 is 6.03 Å². The van der Waals surface area contributed by atoms with Gasteiger partial charge in [-0.05, 0) is 122 Å². The molecule has 5 nitrogen and oxygen atoms in total. The third kappa shape index (κ3) is 3.72. The number of amides is 2. The van der Waals surface area contributed by atoms with E-state index >= 15 is 0 Å². The number of aliphatic hydroxyl groups is 2. The van der Waals surface area contributed by atoms with Gasteiger partial charge in [-0.3, -0.25) is 0 Å². The predicted octanol–water partition coefficient (Wildman–Crippen LogP) is 6.05. The zero-order valence-corrected chi connectivity index (χ0v) is 24.5. The van der Waals surface area contributed by atoms with Gasteiger partial charge in [0, 0.05) is 12.1 Å². The Labute approximate surface area is 225 Å². The van der Waals surface area contributed by atoms with E-state index in [9.17, 15) is 15.0 Å². The van der Waals surface area contributed by atoms with Crippen molar-refractivity contribution in [1.29, 1.82) is 0 Å². The molecule has 0 saturated heterocycles. The van der Waals surface area contributed by atoms with E-state index in [-0.39, 0.29) is 45.9 Å². The van der Waals surface area contributed by atoms with Crippen LogP contribution in [0, 0.1) is 51.2 Å². The van der Waals surface area contributed by atoms with Gasteiger partial charge in [-0.1, -0.05) is 46.8 Å². The highest BCUT2D eigenvalue weighted by Gasteiger charge is 2.71. The number of allylic oxidation sites excluding steroid dienone is 1. The molecule has 5 saturated carbocycles. The fourth-order valence-electron chi connectivity index (χ4n) is 11.8. The Kier molecular flexibility index (Phi) is 6.67. The summed E-state index contributed by atoms with van der Waals surface area (Å²) in [5.74, 6) is 2.73. The topological polar surface area (TPSA) is 81.6 Å². The first-order valence-electron chi connectivity index (χ1n) is 15.3. The summed E-state index contributed by atoms with van der Waals surface area (Å²) < 4.78 is 0. The Morgan fingerprint density at radius 2 is 1.62 bits per heavy atom. The maximum Gasteiger partial charge on any atom is 0.315 e. The molecular formula is C32H54N2O3. The van der Waals surface area contributed by atoms with Crippen LogP contribution in [0.5, 0.6) is 0 Å². The molecule has 0 spiro atoms. The maximum absolute atomic E-state index is 12.9. The van der Waals surface area contributed by atoms with Gasteiger partial charge in [-0.15, -0.1) is 0 Å². The Hall–Kier alpha value is -1.07. The molecule has 0 aliphatic heterocycles. The molecule has 4 N–H and O–H groups in total. The van der Waals surface area contributed by atoms with E-state index in [4.69, 9.17) is 0 Å². The normalized spacial score (nSPS) is 50.2. The Bertz CT molecular complexity index is 933. The van der Waals surface area contributed by atoms with Crippen LogP contribution >= 0.6 is 0 Å². The van der Waals surface area contributed by atoms with Gasteiger partial charge < -0.3 is 20.8 Å². The van der Waals surface area contributed by atoms with Crippen LogP contribution in [0.2, 0.25) is 0 Å². The Morgan fingerprint density at radius 1 is 0.892 bits per heavy atom. The molecule has 0 radical (unpaired) electrons. The molecule has 5 fully saturated rings. The van der Waals surface area contributed by atoms with Crippen molar-refractivity contribution in [2.75, 3.05) is 13.2 Å². The number of fused-ring (bicyclic) bond motifs is 7. The van der Waals surface area contributed by atoms with Crippen LogP contribution in [-0.2, 0) is 0 Å². The first-order valence-corrected chi connectivity index (χ1v) is 15.3. The largest absolute Gasteiger partial charge is 0.395 e. The Morgan fingerprint density at radius 3 is 2.30 bits per heavy atom. The molecule has 0 aromatic rings. The number of carbonyl (C=O) groups is 1. The van der Waals surface area contributed by atoms with Crippen molar-refractivity contribution in [3.05, 3.63) is 12.2 Å². The molecule has 5 aliphatic carbocycles. The highest BCUT2D eigenvalue weighted by Crippen LogP contribution is 2.76. The summed E-state index contributed by atoms with van der Waals surface area (Å²) in [6.45, 7) is 19.4. The SMILES string of the molecule is C=C(C)[C@@H]1CC[C@]2(NC(=O)NCCO)CC[C@]3(C)[C@H](CC[C@@H]4[C@@]5(C)CC[C@H](O)C(C)(C)[C@@H]5CC[C@]43C)[C@@H]12. The van der Waals surface area contributed by atoms with E-state index in [2.05, 4.69) is 58.8 Å². The molecule has 5 rings (SSSR count). The van der Waals surface area contributed by atoms with Gasteiger partial charge in [0.2, 0.25) is 0 Å². The van der Waals surface area contributed by atoms with E-state index < -0.39 is 0 Å². The lowest BCUT2D eigenvalue weighted by Crippen LogP contribution is -2.69. The molecule has 2 amide bonds. The van der Waals surface area contributed by atoms with E-state index in [0.717, 1.165) is 38.5 Å². The van der Waals surface area contributed by atoms with Gasteiger partial charge in [-0.25, -0.2) is 4.79 Å². The third-order valence-electron chi connectivity index (χ3n) is 13.8. The number of carbonyl (C=O) groups excluding carboxylic acids is 1. The highest BCUT2D eigenvalue weighted by molar-refractivity contribution is 5.75. The Balaban J connectivity index is 1.50. The number of hydrogen-bond donors (Lipinski definition) is 4. The van der Waals surface area contributed by atoms with E-state index in [1.165, 1.54) is 31.3 Å². The summed E-state index contributed by atoms with van der Waals surface area (Å²) in [7, 11) is 0. The molecular weight excluding hydrogens is 460 g/mol. The van der Waals surface area contributed by atoms with Crippen molar-refractivity contribution in [3.8, 4) is 0 Å². The quantitative estimate of drug-likeness (QED) is 0.345. The molecule has 10 atom stereocenters. The average molecular weight is 515 g/mol. The van der Waals surface area contributed by atoms with Crippen LogP contribution in [0.25, 0.3) is 0 Å². The van der Waals surface area contributed by atoms with Gasteiger partial charge in [0.1, 0.15) is 0 Å². The second kappa shape index (κ2) is 8.98. The zero-order valence-electron chi connectivity index (χ0n) is 24.5. The minimum Gasteiger partial charge on any atom is -0.395 e. The van der Waals surface area contributed by atoms with Crippen molar-refractivity contribution in [2.24, 2.45) is 51.2 Å². The second-order valence-corrected chi connectivity index (χ2v) is 15.3. The molecule has 0 aromatic carbocycles. The van der Waals surface area contributed by atoms with Crippen molar-refractivity contribution in [3.63, 3.8) is 0 Å². The van der Waals surface area contributed by atoms with Crippen molar-refractivity contribution >= 4 is 6.03 Å². The van der Waals surface area contributed by atoms with Crippen LogP contribution in [0.3, 0.4) is 0 Å². The van der Waals surface area contributed by atoms with E-state index in [1.807, 2.05) is 0 Å². The number of hydrogen-bond acceptors (Lipinski definition) is 3. The van der Waals surface area contributed by atoms with Crippen molar-refractivity contribution < 1.29 is 15.0 Å². The lowest BCUT2D eigenvalue weighted by molar-refractivity contribution is -0.243. The second-order valence-electron chi connectivity index (χ2n) is 15.3. The van der Waals surface area contributed by atoms with Gasteiger partial charge in [0.05, 0.1) is 12.7 Å².